The molecule has 0 saturated carbocycles. The van der Waals surface area contributed by atoms with Crippen LogP contribution in [0, 0.1) is 5.41 Å². The van der Waals surface area contributed by atoms with Crippen LogP contribution in [0.3, 0.4) is 0 Å². The number of phenolic OH excluding ortho intramolecular Hbond substituents is 1. The molecule has 2 amide bonds. The van der Waals surface area contributed by atoms with Gasteiger partial charge in [0.05, 0.1) is 18.7 Å². The van der Waals surface area contributed by atoms with Gasteiger partial charge in [-0.2, -0.15) is 0 Å². The van der Waals surface area contributed by atoms with Crippen LogP contribution in [0.4, 0.5) is 0 Å². The second-order valence-corrected chi connectivity index (χ2v) is 10.7. The number of Topliss-reactive ketones (excluding diaryl/α,β-unsaturated/α-hetero) is 1. The van der Waals surface area contributed by atoms with E-state index in [4.69, 9.17) is 10.1 Å². The van der Waals surface area contributed by atoms with Gasteiger partial charge < -0.3 is 25.0 Å². The first-order valence-corrected chi connectivity index (χ1v) is 12.7. The van der Waals surface area contributed by atoms with Crippen LogP contribution >= 0.6 is 0 Å². The van der Waals surface area contributed by atoms with E-state index in [0.29, 0.717) is 53.1 Å². The Morgan fingerprint density at radius 1 is 1.16 bits per heavy atom. The molecule has 3 rings (SSSR count). The summed E-state index contributed by atoms with van der Waals surface area (Å²) >= 11 is 0. The molecule has 1 aliphatic rings. The number of ether oxygens (including phenoxy) is 1. The summed E-state index contributed by atoms with van der Waals surface area (Å²) in [5.41, 5.74) is 2.91. The molecule has 9 heteroatoms. The van der Waals surface area contributed by atoms with Crippen molar-refractivity contribution >= 4 is 23.4 Å². The van der Waals surface area contributed by atoms with Crippen LogP contribution in [0.5, 0.6) is 11.5 Å². The summed E-state index contributed by atoms with van der Waals surface area (Å²) in [5, 5.41) is 22.3. The van der Waals surface area contributed by atoms with Gasteiger partial charge in [-0.15, -0.1) is 0 Å². The number of hydrogen-bond acceptors (Lipinski definition) is 6. The van der Waals surface area contributed by atoms with Crippen molar-refractivity contribution in [1.82, 2.24) is 15.1 Å². The quantitative estimate of drug-likeness (QED) is 0.433. The monoisotopic (exact) mass is 522 g/mol. The van der Waals surface area contributed by atoms with Crippen molar-refractivity contribution in [3.05, 3.63) is 57.6 Å². The Kier molecular flexibility index (Phi) is 8.49. The van der Waals surface area contributed by atoms with E-state index >= 15 is 0 Å². The Labute approximate surface area is 224 Å². The van der Waals surface area contributed by atoms with E-state index in [1.54, 1.807) is 43.3 Å². The highest BCUT2D eigenvalue weighted by atomic mass is 16.5. The van der Waals surface area contributed by atoms with Crippen LogP contribution in [0.2, 0.25) is 0 Å². The first kappa shape index (κ1) is 28.7. The molecule has 1 aliphatic heterocycles. The largest absolute Gasteiger partial charge is 0.507 e. The van der Waals surface area contributed by atoms with Gasteiger partial charge in [0, 0.05) is 50.8 Å². The number of carbonyl (C=O) groups is 3. The third kappa shape index (κ3) is 5.98. The van der Waals surface area contributed by atoms with E-state index in [1.807, 2.05) is 27.7 Å². The Morgan fingerprint density at radius 2 is 1.84 bits per heavy atom. The molecule has 0 spiro atoms. The summed E-state index contributed by atoms with van der Waals surface area (Å²) in [4.78, 5) is 41.2. The summed E-state index contributed by atoms with van der Waals surface area (Å²) < 4.78 is 5.66. The predicted molar refractivity (Wildman–Crippen MR) is 146 cm³/mol. The molecular formula is C29H38N4O5. The van der Waals surface area contributed by atoms with Gasteiger partial charge in [0.1, 0.15) is 17.3 Å². The molecule has 0 aromatic heterocycles. The number of benzene rings is 2. The molecule has 0 aliphatic carbocycles. The van der Waals surface area contributed by atoms with Crippen molar-refractivity contribution in [3.63, 3.8) is 0 Å². The van der Waals surface area contributed by atoms with Crippen molar-refractivity contribution in [2.75, 3.05) is 34.3 Å². The van der Waals surface area contributed by atoms with Gasteiger partial charge in [0.2, 0.25) is 5.91 Å². The van der Waals surface area contributed by atoms with E-state index in [2.05, 4.69) is 5.32 Å². The number of ketones is 1. The van der Waals surface area contributed by atoms with Crippen LogP contribution in [-0.2, 0) is 23.2 Å². The van der Waals surface area contributed by atoms with Crippen LogP contribution in [0.25, 0.3) is 0 Å². The van der Waals surface area contributed by atoms with Gasteiger partial charge in [-0.1, -0.05) is 20.8 Å². The molecule has 3 N–H and O–H groups in total. The number of hydrogen-bond donors (Lipinski definition) is 3. The number of amidine groups is 1. The Hall–Kier alpha value is -3.88. The third-order valence-corrected chi connectivity index (χ3v) is 6.67. The second-order valence-electron chi connectivity index (χ2n) is 10.7. The summed E-state index contributed by atoms with van der Waals surface area (Å²) in [7, 11) is 4.90. The minimum atomic E-state index is -0.427. The zero-order chi connectivity index (χ0) is 28.4. The van der Waals surface area contributed by atoms with E-state index < -0.39 is 5.41 Å². The standard InChI is InChI=1S/C29H38N4O5/c1-8-38-24-13-19-15-33(27(30)20(19)14-21(24)28(37)31-5)16-23(34)18-11-17(9-10-25(35)32(6)7)26(36)22(12-18)29(2,3)4/h11-14,30,36H,8-10,15-16H2,1-7H3,(H,31,37). The van der Waals surface area contributed by atoms with Gasteiger partial charge in [-0.3, -0.25) is 19.8 Å². The molecule has 0 saturated heterocycles. The molecule has 1 heterocycles. The zero-order valence-corrected chi connectivity index (χ0v) is 23.3. The Morgan fingerprint density at radius 3 is 2.42 bits per heavy atom. The molecule has 0 radical (unpaired) electrons. The highest BCUT2D eigenvalue weighted by molar-refractivity contribution is 6.07. The fraction of sp³-hybridized carbons (Fsp3) is 0.448. The van der Waals surface area contributed by atoms with Crippen molar-refractivity contribution in [2.24, 2.45) is 0 Å². The highest BCUT2D eigenvalue weighted by Crippen LogP contribution is 2.36. The molecule has 2 aromatic rings. The normalized spacial score (nSPS) is 12.8. The van der Waals surface area contributed by atoms with E-state index in [1.165, 1.54) is 11.9 Å². The lowest BCUT2D eigenvalue weighted by Crippen LogP contribution is -2.30. The summed E-state index contributed by atoms with van der Waals surface area (Å²) in [6.45, 7) is 8.39. The van der Waals surface area contributed by atoms with Gasteiger partial charge in [0.15, 0.2) is 5.78 Å². The van der Waals surface area contributed by atoms with Gasteiger partial charge in [-0.05, 0) is 54.2 Å². The smallest absolute Gasteiger partial charge is 0.254 e. The lowest BCUT2D eigenvalue weighted by atomic mass is 9.83. The second kappa shape index (κ2) is 11.2. The van der Waals surface area contributed by atoms with Crippen LogP contribution in [-0.4, -0.2) is 72.6 Å². The number of nitrogens with one attached hydrogen (secondary N) is 2. The first-order valence-electron chi connectivity index (χ1n) is 12.7. The molecular weight excluding hydrogens is 484 g/mol. The molecule has 0 atom stereocenters. The van der Waals surface area contributed by atoms with Gasteiger partial charge in [0.25, 0.3) is 5.91 Å². The van der Waals surface area contributed by atoms with Crippen LogP contribution < -0.4 is 10.1 Å². The molecule has 9 nitrogen and oxygen atoms in total. The summed E-state index contributed by atoms with van der Waals surface area (Å²) in [6, 6.07) is 6.77. The van der Waals surface area contributed by atoms with E-state index in [-0.39, 0.29) is 42.1 Å². The molecule has 204 valence electrons. The third-order valence-electron chi connectivity index (χ3n) is 6.67. The minimum absolute atomic E-state index is 0.0444. The Balaban J connectivity index is 1.90. The summed E-state index contributed by atoms with van der Waals surface area (Å²) in [5.74, 6) is 0.129. The SMILES string of the molecule is CCOc1cc2c(cc1C(=O)NC)C(=N)N(CC(=O)c1cc(CCC(=O)N(C)C)c(O)c(C(C)(C)C)c1)C2. The van der Waals surface area contributed by atoms with Crippen LogP contribution in [0.15, 0.2) is 24.3 Å². The zero-order valence-electron chi connectivity index (χ0n) is 23.3. The lowest BCUT2D eigenvalue weighted by Gasteiger charge is -2.24. The topological polar surface area (TPSA) is 123 Å². The molecule has 0 bridgehead atoms. The molecule has 2 aromatic carbocycles. The van der Waals surface area contributed by atoms with Crippen molar-refractivity contribution in [3.8, 4) is 11.5 Å². The molecule has 0 unspecified atom stereocenters. The lowest BCUT2D eigenvalue weighted by molar-refractivity contribution is -0.128. The van der Waals surface area contributed by atoms with Gasteiger partial charge >= 0.3 is 0 Å². The maximum Gasteiger partial charge on any atom is 0.254 e. The fourth-order valence-electron chi connectivity index (χ4n) is 4.50. The number of phenols is 1. The maximum absolute atomic E-state index is 13.5. The van der Waals surface area contributed by atoms with Crippen molar-refractivity contribution in [1.29, 1.82) is 5.41 Å². The number of carbonyl (C=O) groups excluding carboxylic acids is 3. The molecule has 0 fully saturated rings. The Bertz CT molecular complexity index is 1280. The first-order chi connectivity index (χ1) is 17.8. The van der Waals surface area contributed by atoms with E-state index in [9.17, 15) is 19.5 Å². The van der Waals surface area contributed by atoms with Gasteiger partial charge in [-0.25, -0.2) is 0 Å². The van der Waals surface area contributed by atoms with Crippen LogP contribution in [0.1, 0.15) is 77.1 Å². The van der Waals surface area contributed by atoms with Crippen molar-refractivity contribution < 1.29 is 24.2 Å². The highest BCUT2D eigenvalue weighted by Gasteiger charge is 2.30. The van der Waals surface area contributed by atoms with E-state index in [0.717, 1.165) is 5.56 Å². The minimum Gasteiger partial charge on any atom is -0.507 e. The summed E-state index contributed by atoms with van der Waals surface area (Å²) in [6.07, 6.45) is 0.518. The fourth-order valence-corrected chi connectivity index (χ4v) is 4.50. The van der Waals surface area contributed by atoms with Crippen molar-refractivity contribution in [2.45, 2.75) is 52.5 Å². The maximum atomic E-state index is 13.5. The average molecular weight is 523 g/mol. The average Bonchev–Trinajstić information content (AvgIpc) is 3.15. The number of rotatable bonds is 9. The number of nitrogens with zero attached hydrogens (tertiary/aromatic N) is 2. The predicted octanol–water partition coefficient (Wildman–Crippen LogP) is 3.49. The molecule has 38 heavy (non-hydrogen) atoms. The number of fused-ring (bicyclic) bond motifs is 1. The number of amides is 2. The number of aromatic hydroxyl groups is 1. The number of aryl methyl sites for hydroxylation is 1.